The number of amides is 2. The van der Waals surface area contributed by atoms with Gasteiger partial charge in [-0.05, 0) is 55.7 Å². The van der Waals surface area contributed by atoms with Crippen LogP contribution in [0, 0.1) is 0 Å². The van der Waals surface area contributed by atoms with Crippen molar-refractivity contribution in [2.24, 2.45) is 0 Å². The molecule has 2 amide bonds. The lowest BCUT2D eigenvalue weighted by atomic mass is 9.98. The van der Waals surface area contributed by atoms with Crippen molar-refractivity contribution < 1.29 is 22.4 Å². The number of furan rings is 1. The second kappa shape index (κ2) is 8.91. The van der Waals surface area contributed by atoms with Crippen molar-refractivity contribution in [1.82, 2.24) is 14.5 Å². The van der Waals surface area contributed by atoms with Gasteiger partial charge >= 0.3 is 0 Å². The molecule has 0 bridgehead atoms. The highest BCUT2D eigenvalue weighted by atomic mass is 32.2. The normalized spacial score (nSPS) is 21.0. The molecule has 162 valence electrons. The quantitative estimate of drug-likeness (QED) is 0.752. The Kier molecular flexibility index (Phi) is 6.26. The van der Waals surface area contributed by atoms with E-state index in [9.17, 15) is 18.0 Å². The Labute approximate surface area is 179 Å². The average molecular weight is 452 g/mol. The van der Waals surface area contributed by atoms with Crippen LogP contribution in [-0.4, -0.2) is 61.7 Å². The first kappa shape index (κ1) is 21.1. The maximum atomic E-state index is 13.2. The number of carbonyl (C=O) groups excluding carboxylic acids is 2. The molecule has 4 rings (SSSR count). The summed E-state index contributed by atoms with van der Waals surface area (Å²) >= 11 is 1.18. The molecule has 1 atom stereocenters. The van der Waals surface area contributed by atoms with Crippen molar-refractivity contribution >= 4 is 33.2 Å². The Morgan fingerprint density at radius 2 is 1.87 bits per heavy atom. The zero-order valence-electron chi connectivity index (χ0n) is 16.5. The van der Waals surface area contributed by atoms with Gasteiger partial charge < -0.3 is 14.2 Å². The highest BCUT2D eigenvalue weighted by Crippen LogP contribution is 2.24. The molecule has 30 heavy (non-hydrogen) atoms. The van der Waals surface area contributed by atoms with Crippen molar-refractivity contribution in [2.45, 2.75) is 48.4 Å². The van der Waals surface area contributed by atoms with Crippen molar-refractivity contribution in [1.29, 1.82) is 0 Å². The number of thiophene rings is 1. The van der Waals surface area contributed by atoms with Crippen LogP contribution in [0.15, 0.2) is 44.5 Å². The van der Waals surface area contributed by atoms with Gasteiger partial charge in [-0.25, -0.2) is 13.1 Å². The van der Waals surface area contributed by atoms with E-state index in [0.717, 1.165) is 12.8 Å². The molecule has 2 fully saturated rings. The molecule has 0 aliphatic carbocycles. The third kappa shape index (κ3) is 4.45. The lowest BCUT2D eigenvalue weighted by Gasteiger charge is -2.39. The summed E-state index contributed by atoms with van der Waals surface area (Å²) < 4.78 is 33.1. The molecule has 4 heterocycles. The minimum absolute atomic E-state index is 0.0610. The molecule has 2 aromatic heterocycles. The molecular weight excluding hydrogens is 426 g/mol. The Balaban J connectivity index is 1.37. The number of nitrogens with one attached hydrogen (secondary N) is 1. The van der Waals surface area contributed by atoms with E-state index in [1.54, 1.807) is 39.4 Å². The van der Waals surface area contributed by atoms with E-state index in [4.69, 9.17) is 4.42 Å². The summed E-state index contributed by atoms with van der Waals surface area (Å²) in [5.41, 5.74) is 0. The fourth-order valence-corrected chi connectivity index (χ4v) is 6.41. The largest absolute Gasteiger partial charge is 0.459 e. The molecule has 2 aliphatic heterocycles. The molecular formula is C20H25N3O5S2. The third-order valence-electron chi connectivity index (χ3n) is 5.67. The predicted molar refractivity (Wildman–Crippen MR) is 112 cm³/mol. The summed E-state index contributed by atoms with van der Waals surface area (Å²) in [4.78, 5) is 29.3. The Hall–Kier alpha value is -2.17. The molecule has 0 aromatic carbocycles. The van der Waals surface area contributed by atoms with Gasteiger partial charge in [0.25, 0.3) is 5.91 Å². The molecule has 1 N–H and O–H groups in total. The van der Waals surface area contributed by atoms with E-state index < -0.39 is 16.1 Å². The minimum Gasteiger partial charge on any atom is -0.459 e. The van der Waals surface area contributed by atoms with Crippen LogP contribution in [0.5, 0.6) is 0 Å². The molecule has 0 radical (unpaired) electrons. The van der Waals surface area contributed by atoms with Crippen LogP contribution in [0.1, 0.15) is 42.7 Å². The molecule has 0 saturated carbocycles. The van der Waals surface area contributed by atoms with Gasteiger partial charge in [0.05, 0.1) is 6.26 Å². The van der Waals surface area contributed by atoms with Gasteiger partial charge in [0, 0.05) is 25.7 Å². The number of rotatable bonds is 5. The molecule has 8 nitrogen and oxygen atoms in total. The maximum Gasteiger partial charge on any atom is 0.290 e. The lowest BCUT2D eigenvalue weighted by molar-refractivity contribution is -0.138. The van der Waals surface area contributed by atoms with Crippen molar-refractivity contribution in [2.75, 3.05) is 19.6 Å². The first-order valence-corrected chi connectivity index (χ1v) is 12.5. The highest BCUT2D eigenvalue weighted by molar-refractivity contribution is 7.91. The van der Waals surface area contributed by atoms with Crippen LogP contribution in [-0.2, 0) is 14.8 Å². The van der Waals surface area contributed by atoms with Crippen LogP contribution >= 0.6 is 11.3 Å². The zero-order valence-corrected chi connectivity index (χ0v) is 18.2. The Bertz CT molecular complexity index is 964. The highest BCUT2D eigenvalue weighted by Gasteiger charge is 2.37. The van der Waals surface area contributed by atoms with E-state index in [1.165, 1.54) is 17.6 Å². The second-order valence-electron chi connectivity index (χ2n) is 7.64. The maximum absolute atomic E-state index is 13.2. The summed E-state index contributed by atoms with van der Waals surface area (Å²) in [6.45, 7) is 1.47. The van der Waals surface area contributed by atoms with Gasteiger partial charge in [0.2, 0.25) is 15.9 Å². The van der Waals surface area contributed by atoms with Gasteiger partial charge in [0.15, 0.2) is 5.76 Å². The molecule has 2 aromatic rings. The summed E-state index contributed by atoms with van der Waals surface area (Å²) in [5.74, 6) is -0.0674. The minimum atomic E-state index is -3.52. The smallest absolute Gasteiger partial charge is 0.290 e. The topological polar surface area (TPSA) is 99.9 Å². The van der Waals surface area contributed by atoms with Crippen LogP contribution in [0.3, 0.4) is 0 Å². The number of piperidine rings is 2. The first-order valence-electron chi connectivity index (χ1n) is 10.1. The van der Waals surface area contributed by atoms with Crippen LogP contribution in [0.4, 0.5) is 0 Å². The first-order chi connectivity index (χ1) is 14.5. The summed E-state index contributed by atoms with van der Waals surface area (Å²) in [7, 11) is -3.52. The number of nitrogens with zero attached hydrogens (tertiary/aromatic N) is 2. The summed E-state index contributed by atoms with van der Waals surface area (Å²) in [6.07, 6.45) is 4.95. The number of hydrogen-bond donors (Lipinski definition) is 1. The zero-order chi connectivity index (χ0) is 21.1. The van der Waals surface area contributed by atoms with Crippen LogP contribution < -0.4 is 4.72 Å². The third-order valence-corrected chi connectivity index (χ3v) is 8.59. The number of carbonyl (C=O) groups is 2. The van der Waals surface area contributed by atoms with Crippen molar-refractivity contribution in [3.63, 3.8) is 0 Å². The number of likely N-dealkylation sites (tertiary alicyclic amines) is 2. The lowest BCUT2D eigenvalue weighted by Crippen LogP contribution is -2.55. The molecule has 0 spiro atoms. The molecule has 1 unspecified atom stereocenters. The van der Waals surface area contributed by atoms with Crippen molar-refractivity contribution in [3.8, 4) is 0 Å². The molecule has 2 aliphatic rings. The second-order valence-corrected chi connectivity index (χ2v) is 10.5. The van der Waals surface area contributed by atoms with Gasteiger partial charge in [-0.3, -0.25) is 9.59 Å². The van der Waals surface area contributed by atoms with E-state index >= 15 is 0 Å². The molecule has 10 heteroatoms. The number of hydrogen-bond acceptors (Lipinski definition) is 6. The predicted octanol–water partition coefficient (Wildman–Crippen LogP) is 2.31. The van der Waals surface area contributed by atoms with E-state index in [-0.39, 0.29) is 23.6 Å². The van der Waals surface area contributed by atoms with Crippen LogP contribution in [0.2, 0.25) is 0 Å². The van der Waals surface area contributed by atoms with Gasteiger partial charge in [-0.15, -0.1) is 11.3 Å². The standard InChI is InChI=1S/C20H25N3O5S2/c24-19(16-5-1-2-10-23(16)20(25)17-6-3-13-28-17)22-11-8-15(9-12-22)21-30(26,27)18-7-4-14-29-18/h3-4,6-7,13-16,21H,1-2,5,8-12H2. The van der Waals surface area contributed by atoms with E-state index in [1.807, 2.05) is 0 Å². The average Bonchev–Trinajstić information content (AvgIpc) is 3.47. The van der Waals surface area contributed by atoms with Gasteiger partial charge in [0.1, 0.15) is 10.3 Å². The molecule has 2 saturated heterocycles. The monoisotopic (exact) mass is 451 g/mol. The van der Waals surface area contributed by atoms with Gasteiger partial charge in [-0.2, -0.15) is 0 Å². The van der Waals surface area contributed by atoms with Crippen molar-refractivity contribution in [3.05, 3.63) is 41.7 Å². The van der Waals surface area contributed by atoms with E-state index in [2.05, 4.69) is 4.72 Å². The van der Waals surface area contributed by atoms with Gasteiger partial charge in [-0.1, -0.05) is 6.07 Å². The summed E-state index contributed by atoms with van der Waals surface area (Å²) in [6, 6.07) is 5.88. The fourth-order valence-electron chi connectivity index (χ4n) is 4.10. The number of sulfonamides is 1. The Morgan fingerprint density at radius 1 is 1.07 bits per heavy atom. The van der Waals surface area contributed by atoms with E-state index in [0.29, 0.717) is 43.1 Å². The fraction of sp³-hybridized carbons (Fsp3) is 0.500. The summed E-state index contributed by atoms with van der Waals surface area (Å²) in [5, 5.41) is 1.73. The SMILES string of the molecule is O=C(C1CCCCN1C(=O)c1ccco1)N1CCC(NS(=O)(=O)c2cccs2)CC1. The van der Waals surface area contributed by atoms with Crippen LogP contribution in [0.25, 0.3) is 0 Å². The Morgan fingerprint density at radius 3 is 2.53 bits per heavy atom.